The van der Waals surface area contributed by atoms with Crippen LogP contribution in [0, 0.1) is 11.8 Å². The van der Waals surface area contributed by atoms with Gasteiger partial charge in [-0.1, -0.05) is 27.2 Å². The highest BCUT2D eigenvalue weighted by atomic mass is 16.6. The van der Waals surface area contributed by atoms with E-state index in [9.17, 15) is 15.0 Å². The number of hydrogen-bond acceptors (Lipinski definition) is 4. The first kappa shape index (κ1) is 16.4. The van der Waals surface area contributed by atoms with Gasteiger partial charge in [0.05, 0.1) is 6.10 Å². The molecule has 0 bridgehead atoms. The Labute approximate surface area is 116 Å². The zero-order valence-electron chi connectivity index (χ0n) is 12.8. The second-order valence-corrected chi connectivity index (χ2v) is 6.22. The molecule has 1 aliphatic rings. The molecule has 4 nitrogen and oxygen atoms in total. The van der Waals surface area contributed by atoms with E-state index in [0.717, 1.165) is 6.42 Å². The SMILES string of the molecule is CCC(=O)OC1(C)CC[C@H](O)C(C(C)CC)C1(C)O. The average molecular weight is 272 g/mol. The Morgan fingerprint density at radius 1 is 1.42 bits per heavy atom. The van der Waals surface area contributed by atoms with Crippen LogP contribution in [0.15, 0.2) is 0 Å². The maximum absolute atomic E-state index is 11.6. The van der Waals surface area contributed by atoms with Gasteiger partial charge in [0.1, 0.15) is 11.2 Å². The molecule has 112 valence electrons. The monoisotopic (exact) mass is 272 g/mol. The van der Waals surface area contributed by atoms with Gasteiger partial charge < -0.3 is 14.9 Å². The van der Waals surface area contributed by atoms with Crippen LogP contribution in [0.4, 0.5) is 0 Å². The summed E-state index contributed by atoms with van der Waals surface area (Å²) in [5.74, 6) is -0.409. The fourth-order valence-electron chi connectivity index (χ4n) is 3.25. The molecule has 1 saturated carbocycles. The molecule has 0 aromatic rings. The third-order valence-corrected chi connectivity index (χ3v) is 4.94. The van der Waals surface area contributed by atoms with E-state index in [1.165, 1.54) is 0 Å². The highest BCUT2D eigenvalue weighted by Gasteiger charge is 2.57. The number of carbonyl (C=O) groups excluding carboxylic acids is 1. The number of esters is 1. The van der Waals surface area contributed by atoms with Gasteiger partial charge in [-0.3, -0.25) is 4.79 Å². The molecule has 0 radical (unpaired) electrons. The summed E-state index contributed by atoms with van der Waals surface area (Å²) in [5.41, 5.74) is -2.14. The van der Waals surface area contributed by atoms with Crippen LogP contribution in [0.1, 0.15) is 60.3 Å². The molecule has 2 N–H and O–H groups in total. The topological polar surface area (TPSA) is 66.8 Å². The van der Waals surface area contributed by atoms with Crippen molar-refractivity contribution in [2.24, 2.45) is 11.8 Å². The minimum absolute atomic E-state index is 0.171. The van der Waals surface area contributed by atoms with Crippen LogP contribution in [0.25, 0.3) is 0 Å². The van der Waals surface area contributed by atoms with E-state index in [-0.39, 0.29) is 17.8 Å². The smallest absolute Gasteiger partial charge is 0.306 e. The van der Waals surface area contributed by atoms with Gasteiger partial charge in [0.15, 0.2) is 0 Å². The van der Waals surface area contributed by atoms with Crippen molar-refractivity contribution in [3.63, 3.8) is 0 Å². The Morgan fingerprint density at radius 3 is 2.47 bits per heavy atom. The molecule has 0 aliphatic heterocycles. The Kier molecular flexibility index (Phi) is 5.02. The van der Waals surface area contributed by atoms with Crippen LogP contribution in [0.3, 0.4) is 0 Å². The van der Waals surface area contributed by atoms with E-state index < -0.39 is 17.3 Å². The number of rotatable bonds is 4. The lowest BCUT2D eigenvalue weighted by atomic mass is 9.61. The number of ether oxygens (including phenoxy) is 1. The zero-order valence-corrected chi connectivity index (χ0v) is 12.8. The summed E-state index contributed by atoms with van der Waals surface area (Å²) in [7, 11) is 0. The standard InChI is InChI=1S/C15H28O4/c1-6-10(3)13-11(16)8-9-14(4,15(13,5)18)19-12(17)7-2/h10-11,13,16,18H,6-9H2,1-5H3/t10?,11-,13?,14?,15?/m0/s1. The normalized spacial score (nSPS) is 40.8. The highest BCUT2D eigenvalue weighted by molar-refractivity contribution is 5.69. The van der Waals surface area contributed by atoms with Crippen molar-refractivity contribution in [2.45, 2.75) is 77.6 Å². The zero-order chi connectivity index (χ0) is 14.8. The predicted octanol–water partition coefficient (Wildman–Crippen LogP) is 2.27. The first-order valence-electron chi connectivity index (χ1n) is 7.31. The van der Waals surface area contributed by atoms with Gasteiger partial charge >= 0.3 is 5.97 Å². The second-order valence-electron chi connectivity index (χ2n) is 6.22. The predicted molar refractivity (Wildman–Crippen MR) is 73.6 cm³/mol. The summed E-state index contributed by atoms with van der Waals surface area (Å²) >= 11 is 0. The molecular formula is C15H28O4. The van der Waals surface area contributed by atoms with Crippen LogP contribution in [0.2, 0.25) is 0 Å². The van der Waals surface area contributed by atoms with Crippen LogP contribution >= 0.6 is 0 Å². The average Bonchev–Trinajstić information content (AvgIpc) is 2.34. The van der Waals surface area contributed by atoms with E-state index in [2.05, 4.69) is 0 Å². The van der Waals surface area contributed by atoms with Crippen LogP contribution in [0.5, 0.6) is 0 Å². The summed E-state index contributed by atoms with van der Waals surface area (Å²) in [6.45, 7) is 9.27. The van der Waals surface area contributed by atoms with Gasteiger partial charge in [-0.05, 0) is 32.6 Å². The molecule has 0 saturated heterocycles. The quantitative estimate of drug-likeness (QED) is 0.770. The van der Waals surface area contributed by atoms with Crippen molar-refractivity contribution < 1.29 is 19.7 Å². The van der Waals surface area contributed by atoms with Gasteiger partial charge in [0.25, 0.3) is 0 Å². The molecular weight excluding hydrogens is 244 g/mol. The van der Waals surface area contributed by atoms with Gasteiger partial charge in [-0.15, -0.1) is 0 Å². The molecule has 1 rings (SSSR count). The van der Waals surface area contributed by atoms with E-state index in [0.29, 0.717) is 19.3 Å². The summed E-state index contributed by atoms with van der Waals surface area (Å²) in [6, 6.07) is 0. The second kappa shape index (κ2) is 5.80. The molecule has 0 aromatic carbocycles. The number of carbonyl (C=O) groups is 1. The molecule has 1 aliphatic carbocycles. The Balaban J connectivity index is 3.05. The third-order valence-electron chi connectivity index (χ3n) is 4.94. The van der Waals surface area contributed by atoms with Gasteiger partial charge in [-0.2, -0.15) is 0 Å². The van der Waals surface area contributed by atoms with Crippen molar-refractivity contribution in [1.29, 1.82) is 0 Å². The first-order valence-corrected chi connectivity index (χ1v) is 7.31. The number of aliphatic hydroxyl groups is 2. The van der Waals surface area contributed by atoms with Gasteiger partial charge in [0.2, 0.25) is 0 Å². The largest absolute Gasteiger partial charge is 0.456 e. The van der Waals surface area contributed by atoms with E-state index in [1.807, 2.05) is 13.8 Å². The Morgan fingerprint density at radius 2 is 2.00 bits per heavy atom. The summed E-state index contributed by atoms with van der Waals surface area (Å²) in [4.78, 5) is 11.6. The lowest BCUT2D eigenvalue weighted by molar-refractivity contribution is -0.238. The van der Waals surface area contributed by atoms with E-state index in [1.54, 1.807) is 20.8 Å². The summed E-state index contributed by atoms with van der Waals surface area (Å²) in [5, 5.41) is 21.2. The van der Waals surface area contributed by atoms with Crippen LogP contribution in [-0.4, -0.2) is 33.5 Å². The summed E-state index contributed by atoms with van der Waals surface area (Å²) < 4.78 is 5.52. The number of aliphatic hydroxyl groups excluding tert-OH is 1. The third kappa shape index (κ3) is 2.95. The maximum Gasteiger partial charge on any atom is 0.306 e. The molecule has 0 heterocycles. The minimum Gasteiger partial charge on any atom is -0.456 e. The molecule has 19 heavy (non-hydrogen) atoms. The number of hydrogen-bond donors (Lipinski definition) is 2. The van der Waals surface area contributed by atoms with Crippen LogP contribution < -0.4 is 0 Å². The Bertz CT molecular complexity index is 322. The lowest BCUT2D eigenvalue weighted by Crippen LogP contribution is -2.64. The Hall–Kier alpha value is -0.610. The fraction of sp³-hybridized carbons (Fsp3) is 0.933. The maximum atomic E-state index is 11.6. The molecule has 4 unspecified atom stereocenters. The van der Waals surface area contributed by atoms with Gasteiger partial charge in [0, 0.05) is 12.3 Å². The van der Waals surface area contributed by atoms with Crippen molar-refractivity contribution in [3.8, 4) is 0 Å². The van der Waals surface area contributed by atoms with E-state index >= 15 is 0 Å². The van der Waals surface area contributed by atoms with Crippen molar-refractivity contribution in [1.82, 2.24) is 0 Å². The van der Waals surface area contributed by atoms with Crippen molar-refractivity contribution in [2.75, 3.05) is 0 Å². The van der Waals surface area contributed by atoms with Crippen molar-refractivity contribution in [3.05, 3.63) is 0 Å². The molecule has 4 heteroatoms. The van der Waals surface area contributed by atoms with Gasteiger partial charge in [-0.25, -0.2) is 0 Å². The molecule has 1 fully saturated rings. The lowest BCUT2D eigenvalue weighted by Gasteiger charge is -2.53. The molecule has 5 atom stereocenters. The van der Waals surface area contributed by atoms with Crippen molar-refractivity contribution >= 4 is 5.97 Å². The fourth-order valence-corrected chi connectivity index (χ4v) is 3.25. The molecule has 0 spiro atoms. The summed E-state index contributed by atoms with van der Waals surface area (Å²) in [6.07, 6.45) is 1.66. The highest BCUT2D eigenvalue weighted by Crippen LogP contribution is 2.47. The minimum atomic E-state index is -1.22. The molecule has 0 aromatic heterocycles. The first-order chi connectivity index (χ1) is 8.69. The van der Waals surface area contributed by atoms with Crippen LogP contribution in [-0.2, 0) is 9.53 Å². The molecule has 0 amide bonds. The van der Waals surface area contributed by atoms with E-state index in [4.69, 9.17) is 4.74 Å².